The maximum Gasteiger partial charge on any atom is 0.289 e. The smallest absolute Gasteiger partial charge is 0.289 e. The molecule has 4 nitrogen and oxygen atoms in total. The fraction of sp³-hybridized carbons (Fsp3) is 0.375. The molecule has 29 heavy (non-hydrogen) atoms. The number of rotatable bonds is 3. The van der Waals surface area contributed by atoms with E-state index in [9.17, 15) is 9.18 Å². The summed E-state index contributed by atoms with van der Waals surface area (Å²) in [6, 6.07) is 16.6. The van der Waals surface area contributed by atoms with E-state index >= 15 is 0 Å². The Morgan fingerprint density at radius 3 is 2.72 bits per heavy atom. The molecule has 3 heterocycles. The van der Waals surface area contributed by atoms with Crippen LogP contribution in [0.4, 0.5) is 4.39 Å². The third-order valence-corrected chi connectivity index (χ3v) is 6.45. The molecule has 0 bridgehead atoms. The van der Waals surface area contributed by atoms with Gasteiger partial charge in [-0.15, -0.1) is 0 Å². The second kappa shape index (κ2) is 7.30. The minimum Gasteiger partial charge on any atom is -0.451 e. The van der Waals surface area contributed by atoms with Gasteiger partial charge in [-0.05, 0) is 44.0 Å². The third kappa shape index (κ3) is 3.55. The molecule has 5 heteroatoms. The fourth-order valence-electron chi connectivity index (χ4n) is 5.00. The Bertz CT molecular complexity index is 1010. The topological polar surface area (TPSA) is 36.7 Å². The minimum atomic E-state index is -0.139. The fourth-order valence-corrected chi connectivity index (χ4v) is 5.00. The summed E-state index contributed by atoms with van der Waals surface area (Å²) < 4.78 is 19.9. The lowest BCUT2D eigenvalue weighted by atomic mass is 9.79. The van der Waals surface area contributed by atoms with Crippen LogP contribution in [0, 0.1) is 11.2 Å². The molecule has 0 aliphatic carbocycles. The summed E-state index contributed by atoms with van der Waals surface area (Å²) in [5.74, 6) is 0.256. The lowest BCUT2D eigenvalue weighted by Gasteiger charge is -2.40. The van der Waals surface area contributed by atoms with Gasteiger partial charge >= 0.3 is 0 Å². The summed E-state index contributed by atoms with van der Waals surface area (Å²) in [7, 11) is 0. The number of benzene rings is 2. The first-order valence-electron chi connectivity index (χ1n) is 10.4. The van der Waals surface area contributed by atoms with Gasteiger partial charge in [0.25, 0.3) is 5.91 Å². The van der Waals surface area contributed by atoms with Crippen molar-refractivity contribution in [3.8, 4) is 0 Å². The summed E-state index contributed by atoms with van der Waals surface area (Å²) >= 11 is 0. The van der Waals surface area contributed by atoms with Crippen LogP contribution in [-0.4, -0.2) is 41.9 Å². The first kappa shape index (κ1) is 18.4. The minimum absolute atomic E-state index is 0.0238. The van der Waals surface area contributed by atoms with Crippen molar-refractivity contribution in [3.63, 3.8) is 0 Å². The molecule has 2 aliphatic heterocycles. The highest BCUT2D eigenvalue weighted by atomic mass is 19.1. The van der Waals surface area contributed by atoms with Gasteiger partial charge in [0.15, 0.2) is 5.76 Å². The maximum atomic E-state index is 14.1. The van der Waals surface area contributed by atoms with Gasteiger partial charge in [0.2, 0.25) is 0 Å². The first-order valence-corrected chi connectivity index (χ1v) is 10.4. The van der Waals surface area contributed by atoms with Crippen LogP contribution in [0.2, 0.25) is 0 Å². The number of halogens is 1. The molecule has 2 aromatic carbocycles. The normalized spacial score (nSPS) is 22.6. The van der Waals surface area contributed by atoms with Crippen LogP contribution in [0.1, 0.15) is 35.4 Å². The molecule has 150 valence electrons. The molecular weight excluding hydrogens is 367 g/mol. The number of carbonyl (C=O) groups excluding carboxylic acids is 1. The molecular formula is C24H25FN2O2. The van der Waals surface area contributed by atoms with E-state index < -0.39 is 0 Å². The van der Waals surface area contributed by atoms with Crippen molar-refractivity contribution in [2.24, 2.45) is 5.41 Å². The van der Waals surface area contributed by atoms with Crippen molar-refractivity contribution < 1.29 is 13.6 Å². The number of hydrogen-bond acceptors (Lipinski definition) is 3. The van der Waals surface area contributed by atoms with Crippen molar-refractivity contribution in [3.05, 3.63) is 71.7 Å². The molecule has 2 saturated heterocycles. The van der Waals surface area contributed by atoms with E-state index in [2.05, 4.69) is 4.90 Å². The number of furan rings is 1. The van der Waals surface area contributed by atoms with Crippen LogP contribution in [0.15, 0.2) is 59.0 Å². The van der Waals surface area contributed by atoms with E-state index in [-0.39, 0.29) is 17.1 Å². The zero-order chi connectivity index (χ0) is 19.8. The summed E-state index contributed by atoms with van der Waals surface area (Å²) in [6.07, 6.45) is 3.19. The molecule has 1 atom stereocenters. The number of fused-ring (bicyclic) bond motifs is 1. The second-order valence-corrected chi connectivity index (χ2v) is 8.53. The number of hydrogen-bond donors (Lipinski definition) is 0. The van der Waals surface area contributed by atoms with Crippen molar-refractivity contribution in [2.75, 3.05) is 26.2 Å². The number of nitrogens with zero attached hydrogens (tertiary/aromatic N) is 2. The molecule has 0 radical (unpaired) electrons. The Balaban J connectivity index is 1.28. The summed E-state index contributed by atoms with van der Waals surface area (Å²) in [5, 5.41) is 0.957. The molecule has 0 N–H and O–H groups in total. The predicted molar refractivity (Wildman–Crippen MR) is 110 cm³/mol. The Morgan fingerprint density at radius 2 is 1.86 bits per heavy atom. The third-order valence-electron chi connectivity index (χ3n) is 6.45. The van der Waals surface area contributed by atoms with Crippen LogP contribution >= 0.6 is 0 Å². The van der Waals surface area contributed by atoms with Crippen LogP contribution < -0.4 is 0 Å². The number of likely N-dealkylation sites (tertiary alicyclic amines) is 2. The first-order chi connectivity index (χ1) is 14.1. The zero-order valence-corrected chi connectivity index (χ0v) is 16.4. The summed E-state index contributed by atoms with van der Waals surface area (Å²) in [6.45, 7) is 4.02. The molecule has 1 amide bonds. The molecule has 3 aromatic rings. The molecule has 5 rings (SSSR count). The molecule has 0 unspecified atom stereocenters. The highest BCUT2D eigenvalue weighted by Gasteiger charge is 2.43. The number of carbonyl (C=O) groups is 1. The van der Waals surface area contributed by atoms with Gasteiger partial charge in [-0.2, -0.15) is 0 Å². The lowest BCUT2D eigenvalue weighted by molar-refractivity contribution is 0.0651. The Morgan fingerprint density at radius 1 is 1.03 bits per heavy atom. The summed E-state index contributed by atoms with van der Waals surface area (Å²) in [4.78, 5) is 17.3. The predicted octanol–water partition coefficient (Wildman–Crippen LogP) is 4.70. The maximum absolute atomic E-state index is 14.1. The molecule has 2 aliphatic rings. The molecule has 1 spiro atoms. The van der Waals surface area contributed by atoms with E-state index in [1.165, 1.54) is 6.07 Å². The molecule has 0 saturated carbocycles. The van der Waals surface area contributed by atoms with Crippen LogP contribution in [0.5, 0.6) is 0 Å². The average molecular weight is 392 g/mol. The number of para-hydroxylation sites is 1. The zero-order valence-electron chi connectivity index (χ0n) is 16.4. The SMILES string of the molecule is O=C(c1cc2ccccc2o1)N1CC[C@@]2(CCCN(Cc3ccccc3F)C2)C1. The van der Waals surface area contributed by atoms with Gasteiger partial charge in [0, 0.05) is 42.5 Å². The number of amides is 1. The van der Waals surface area contributed by atoms with Crippen molar-refractivity contribution in [1.29, 1.82) is 0 Å². The standard InChI is InChI=1S/C24H25FN2O2/c25-20-8-3-1-7-19(20)15-26-12-5-10-24(16-26)11-13-27(17-24)23(28)22-14-18-6-2-4-9-21(18)29-22/h1-4,6-9,14H,5,10-13,15-17H2/t24-/m1/s1. The van der Waals surface area contributed by atoms with Gasteiger partial charge in [-0.3, -0.25) is 9.69 Å². The van der Waals surface area contributed by atoms with Crippen molar-refractivity contribution in [1.82, 2.24) is 9.80 Å². The van der Waals surface area contributed by atoms with Crippen LogP contribution in [0.3, 0.4) is 0 Å². The quantitative estimate of drug-likeness (QED) is 0.648. The van der Waals surface area contributed by atoms with Gasteiger partial charge in [-0.1, -0.05) is 36.4 Å². The lowest BCUT2D eigenvalue weighted by Crippen LogP contribution is -2.45. The Hall–Kier alpha value is -2.66. The van der Waals surface area contributed by atoms with Gasteiger partial charge < -0.3 is 9.32 Å². The Kier molecular flexibility index (Phi) is 4.63. The molecule has 1 aromatic heterocycles. The molecule has 2 fully saturated rings. The Labute approximate surface area is 169 Å². The largest absolute Gasteiger partial charge is 0.451 e. The van der Waals surface area contributed by atoms with Crippen LogP contribution in [-0.2, 0) is 6.54 Å². The van der Waals surface area contributed by atoms with E-state index in [1.54, 1.807) is 6.07 Å². The second-order valence-electron chi connectivity index (χ2n) is 8.53. The van der Waals surface area contributed by atoms with Crippen molar-refractivity contribution in [2.45, 2.75) is 25.8 Å². The van der Waals surface area contributed by atoms with Crippen LogP contribution in [0.25, 0.3) is 11.0 Å². The average Bonchev–Trinajstić information content (AvgIpc) is 3.34. The highest BCUT2D eigenvalue weighted by molar-refractivity contribution is 5.96. The summed E-state index contributed by atoms with van der Waals surface area (Å²) in [5.41, 5.74) is 1.60. The van der Waals surface area contributed by atoms with E-state index in [4.69, 9.17) is 4.42 Å². The van der Waals surface area contributed by atoms with E-state index in [1.807, 2.05) is 47.4 Å². The van der Waals surface area contributed by atoms with Gasteiger partial charge in [0.05, 0.1) is 0 Å². The van der Waals surface area contributed by atoms with Gasteiger partial charge in [0.1, 0.15) is 11.4 Å². The number of piperidine rings is 1. The van der Waals surface area contributed by atoms with E-state index in [0.29, 0.717) is 12.3 Å². The monoisotopic (exact) mass is 392 g/mol. The van der Waals surface area contributed by atoms with Crippen molar-refractivity contribution >= 4 is 16.9 Å². The van der Waals surface area contributed by atoms with Gasteiger partial charge in [-0.25, -0.2) is 4.39 Å². The highest BCUT2D eigenvalue weighted by Crippen LogP contribution is 2.40. The van der Waals surface area contributed by atoms with E-state index in [0.717, 1.165) is 62.0 Å².